The predicted octanol–water partition coefficient (Wildman–Crippen LogP) is 19.5. The molecule has 0 saturated heterocycles. The topological polar surface area (TPSA) is 153 Å². The second-order valence-corrected chi connectivity index (χ2v) is 27.2. The number of carbonyl (C=O) groups is 4. The van der Waals surface area contributed by atoms with Crippen LogP contribution in [0.3, 0.4) is 0 Å². The minimum absolute atomic E-state index is 0.203. The fraction of sp³-hybridized carbons (Fsp3) is 0.867. The monoisotopic (exact) mass is 1230 g/mol. The molecule has 87 heavy (non-hydrogen) atoms. The van der Waals surface area contributed by atoms with E-state index in [0.717, 1.165) is 44.1 Å². The fourth-order valence-corrected chi connectivity index (χ4v) is 11.4. The predicted molar refractivity (Wildman–Crippen MR) is 367 cm³/mol. The van der Waals surface area contributed by atoms with Gasteiger partial charge >= 0.3 is 6.09 Å². The van der Waals surface area contributed by atoms with Crippen LogP contribution in [-0.4, -0.2) is 92.7 Å². The van der Waals surface area contributed by atoms with Crippen LogP contribution in [0.15, 0.2) is 30.3 Å². The molecule has 508 valence electrons. The van der Waals surface area contributed by atoms with Gasteiger partial charge in [0.2, 0.25) is 17.7 Å². The van der Waals surface area contributed by atoms with Crippen molar-refractivity contribution in [3.8, 4) is 0 Å². The Morgan fingerprint density at radius 3 is 1.03 bits per heavy atom. The number of unbranched alkanes of at least 4 members (excludes halogenated alkanes) is 39. The second kappa shape index (κ2) is 56.7. The van der Waals surface area contributed by atoms with Crippen LogP contribution in [0.25, 0.3) is 0 Å². The number of hydrogen-bond acceptors (Lipinski definition) is 8. The molecule has 0 radical (unpaired) electrons. The van der Waals surface area contributed by atoms with E-state index >= 15 is 4.79 Å². The Morgan fingerprint density at radius 1 is 0.402 bits per heavy atom. The molecule has 0 aliphatic rings. The maximum absolute atomic E-state index is 15.2. The lowest BCUT2D eigenvalue weighted by Crippen LogP contribution is -2.64. The van der Waals surface area contributed by atoms with Crippen molar-refractivity contribution in [2.75, 3.05) is 39.6 Å². The first-order chi connectivity index (χ1) is 42.2. The molecule has 4 N–H and O–H groups in total. The quantitative estimate of drug-likeness (QED) is 0.0470. The largest absolute Gasteiger partial charge is 0.444 e. The molecule has 1 aromatic carbocycles. The Hall–Kier alpha value is -3.22. The molecule has 4 amide bonds. The van der Waals surface area contributed by atoms with Crippen LogP contribution in [0.2, 0.25) is 0 Å². The minimum atomic E-state index is -1.04. The molecule has 12 heteroatoms. The highest BCUT2D eigenvalue weighted by Crippen LogP contribution is 2.20. The first-order valence-electron chi connectivity index (χ1n) is 36.9. The van der Waals surface area contributed by atoms with Crippen molar-refractivity contribution in [2.24, 2.45) is 5.92 Å². The molecule has 0 aliphatic heterocycles. The molecular weight excluding hydrogens is 1080 g/mol. The number of ether oxygens (including phenoxy) is 4. The lowest BCUT2D eigenvalue weighted by atomic mass is 9.96. The summed E-state index contributed by atoms with van der Waals surface area (Å²) in [5.41, 5.74) is -0.912. The third-order valence-corrected chi connectivity index (χ3v) is 17.3. The van der Waals surface area contributed by atoms with E-state index in [1.807, 2.05) is 44.2 Å². The van der Waals surface area contributed by atoms with Crippen molar-refractivity contribution in [1.82, 2.24) is 21.3 Å². The maximum Gasteiger partial charge on any atom is 0.408 e. The Balaban J connectivity index is 3.29. The van der Waals surface area contributed by atoms with E-state index in [2.05, 4.69) is 42.0 Å². The zero-order valence-corrected chi connectivity index (χ0v) is 58.3. The Kier molecular flexibility index (Phi) is 53.3. The van der Waals surface area contributed by atoms with Crippen molar-refractivity contribution in [3.05, 3.63) is 35.9 Å². The van der Waals surface area contributed by atoms with Gasteiger partial charge in [0, 0.05) is 26.2 Å². The summed E-state index contributed by atoms with van der Waals surface area (Å²) in [6.07, 6.45) is 53.9. The molecule has 0 aliphatic carbocycles. The Labute approximate surface area is 536 Å². The van der Waals surface area contributed by atoms with Gasteiger partial charge in [0.15, 0.2) is 0 Å². The van der Waals surface area contributed by atoms with Gasteiger partial charge in [0.05, 0.1) is 19.8 Å². The lowest BCUT2D eigenvalue weighted by molar-refractivity contribution is -0.135. The summed E-state index contributed by atoms with van der Waals surface area (Å²) in [5, 5.41) is 12.0. The zero-order chi connectivity index (χ0) is 63.7. The van der Waals surface area contributed by atoms with Crippen LogP contribution >= 0.6 is 0 Å². The smallest absolute Gasteiger partial charge is 0.408 e. The molecule has 1 rings (SSSR count). The van der Waals surface area contributed by atoms with Crippen LogP contribution in [0, 0.1) is 5.92 Å². The van der Waals surface area contributed by atoms with Crippen molar-refractivity contribution >= 4 is 23.8 Å². The summed E-state index contributed by atoms with van der Waals surface area (Å²) < 4.78 is 25.2. The van der Waals surface area contributed by atoms with E-state index < -0.39 is 47.2 Å². The summed E-state index contributed by atoms with van der Waals surface area (Å²) in [7, 11) is 0. The summed E-state index contributed by atoms with van der Waals surface area (Å²) in [6, 6.07) is 6.72. The Bertz CT molecular complexity index is 1650. The van der Waals surface area contributed by atoms with E-state index in [1.54, 1.807) is 27.7 Å². The van der Waals surface area contributed by atoms with Crippen LogP contribution < -0.4 is 21.3 Å². The number of amides is 4. The number of carbonyl (C=O) groups excluding carboxylic acids is 4. The summed E-state index contributed by atoms with van der Waals surface area (Å²) >= 11 is 0. The minimum Gasteiger partial charge on any atom is -0.444 e. The van der Waals surface area contributed by atoms with E-state index in [1.165, 1.54) is 231 Å². The maximum atomic E-state index is 15.2. The zero-order valence-electron chi connectivity index (χ0n) is 58.3. The SMILES string of the molecule is CCCCCCCCCCCCCCCCOCC(COCCCCCCCCCCCCCCCC)(COCCCCCCCCCCCCCCCC)NC(=O)[C@H](Cc1ccccc1)NC(=O)[C@@H](NC(=O)[C@H](C)NC(=O)OC(C)(C)C)[C@@H](C)CC. The Morgan fingerprint density at radius 2 is 0.724 bits per heavy atom. The van der Waals surface area contributed by atoms with Gasteiger partial charge in [-0.25, -0.2) is 4.79 Å². The molecule has 0 bridgehead atoms. The van der Waals surface area contributed by atoms with E-state index in [9.17, 15) is 14.4 Å². The van der Waals surface area contributed by atoms with E-state index in [0.29, 0.717) is 26.2 Å². The van der Waals surface area contributed by atoms with Crippen molar-refractivity contribution in [3.63, 3.8) is 0 Å². The standard InChI is InChI=1S/C75H140N4O8/c1-10-14-17-20-23-26-29-32-35-38-41-44-47-53-58-84-62-75(63-85-59-54-48-45-42-39-36-33-30-27-24-21-18-15-11-2,64-86-60-55-49-46-43-40-37-34-31-28-25-22-19-16-12-3)79-71(81)68(61-67-56-51-50-52-57-67)77-72(82)69(65(5)13-4)78-70(80)66(6)76-73(83)87-74(7,8)9/h50-52,56-57,65-66,68-69H,10-49,53-55,58-64H2,1-9H3,(H,76,83)(H,77,82)(H,78,80)(H,79,81)/t65-,66-,68-,69-/m0/s1. The number of alkyl carbamates (subject to hydrolysis) is 1. The number of rotatable bonds is 62. The molecule has 0 saturated carbocycles. The average molecular weight is 1230 g/mol. The number of benzene rings is 1. The molecule has 0 spiro atoms. The second-order valence-electron chi connectivity index (χ2n) is 27.2. The average Bonchev–Trinajstić information content (AvgIpc) is 2.81. The fourth-order valence-electron chi connectivity index (χ4n) is 11.4. The van der Waals surface area contributed by atoms with Crippen LogP contribution in [0.4, 0.5) is 4.79 Å². The molecule has 1 aromatic rings. The lowest BCUT2D eigenvalue weighted by Gasteiger charge is -2.36. The van der Waals surface area contributed by atoms with Gasteiger partial charge in [-0.15, -0.1) is 0 Å². The normalized spacial score (nSPS) is 13.3. The number of nitrogens with one attached hydrogen (secondary N) is 4. The molecule has 0 fully saturated rings. The summed E-state index contributed by atoms with van der Waals surface area (Å²) in [5.74, 6) is -1.69. The molecule has 0 heterocycles. The molecule has 12 nitrogen and oxygen atoms in total. The first-order valence-corrected chi connectivity index (χ1v) is 36.9. The summed E-state index contributed by atoms with van der Waals surface area (Å²) in [6.45, 7) is 19.8. The summed E-state index contributed by atoms with van der Waals surface area (Å²) in [4.78, 5) is 56.1. The van der Waals surface area contributed by atoms with Gasteiger partial charge in [-0.2, -0.15) is 0 Å². The third-order valence-electron chi connectivity index (χ3n) is 17.3. The van der Waals surface area contributed by atoms with Crippen LogP contribution in [-0.2, 0) is 39.8 Å². The van der Waals surface area contributed by atoms with Gasteiger partial charge in [-0.05, 0) is 58.4 Å². The van der Waals surface area contributed by atoms with Gasteiger partial charge in [-0.1, -0.05) is 322 Å². The molecular formula is C75H140N4O8. The first kappa shape index (κ1) is 81.8. The third kappa shape index (κ3) is 48.3. The van der Waals surface area contributed by atoms with Crippen molar-refractivity contribution in [2.45, 2.75) is 374 Å². The van der Waals surface area contributed by atoms with E-state index in [4.69, 9.17) is 18.9 Å². The highest BCUT2D eigenvalue weighted by Gasteiger charge is 2.38. The van der Waals surface area contributed by atoms with Gasteiger partial charge in [0.1, 0.15) is 29.3 Å². The van der Waals surface area contributed by atoms with Gasteiger partial charge in [-0.3, -0.25) is 14.4 Å². The van der Waals surface area contributed by atoms with Gasteiger partial charge < -0.3 is 40.2 Å². The van der Waals surface area contributed by atoms with Crippen molar-refractivity contribution < 1.29 is 38.1 Å². The highest BCUT2D eigenvalue weighted by atomic mass is 16.6. The highest BCUT2D eigenvalue weighted by molar-refractivity contribution is 5.94. The van der Waals surface area contributed by atoms with Crippen LogP contribution in [0.1, 0.15) is 344 Å². The van der Waals surface area contributed by atoms with Gasteiger partial charge in [0.25, 0.3) is 0 Å². The molecule has 4 atom stereocenters. The molecule has 0 aromatic heterocycles. The molecule has 0 unspecified atom stereocenters. The number of hydrogen-bond donors (Lipinski definition) is 4. The van der Waals surface area contributed by atoms with E-state index in [-0.39, 0.29) is 38.1 Å². The van der Waals surface area contributed by atoms with Crippen molar-refractivity contribution in [1.29, 1.82) is 0 Å². The van der Waals surface area contributed by atoms with Crippen LogP contribution in [0.5, 0.6) is 0 Å².